The summed E-state index contributed by atoms with van der Waals surface area (Å²) in [5.74, 6) is -0.891. The first kappa shape index (κ1) is 14.9. The molecule has 0 saturated heterocycles. The molecule has 1 unspecified atom stereocenters. The van der Waals surface area contributed by atoms with E-state index in [9.17, 15) is 12.8 Å². The van der Waals surface area contributed by atoms with Crippen molar-refractivity contribution in [2.45, 2.75) is 24.4 Å². The summed E-state index contributed by atoms with van der Waals surface area (Å²) in [6.45, 7) is 1.93. The van der Waals surface area contributed by atoms with E-state index in [-0.39, 0.29) is 11.6 Å². The van der Waals surface area contributed by atoms with E-state index in [0.717, 1.165) is 12.1 Å². The molecule has 2 rings (SSSR count). The summed E-state index contributed by atoms with van der Waals surface area (Å²) >= 11 is 5.59. The Kier molecular flexibility index (Phi) is 4.36. The number of rotatable bonds is 5. The lowest BCUT2D eigenvalue weighted by molar-refractivity contribution is 0.489. The molecule has 9 heteroatoms. The van der Waals surface area contributed by atoms with Crippen LogP contribution in [0.3, 0.4) is 0 Å². The van der Waals surface area contributed by atoms with Crippen LogP contribution in [0, 0.1) is 5.82 Å². The summed E-state index contributed by atoms with van der Waals surface area (Å²) in [6, 6.07) is 2.93. The molecule has 0 aliphatic rings. The molecule has 2 aromatic rings. The Hall–Kier alpha value is -1.51. The van der Waals surface area contributed by atoms with Crippen molar-refractivity contribution in [3.05, 3.63) is 41.7 Å². The molecule has 0 bridgehead atoms. The molecule has 0 saturated carbocycles. The van der Waals surface area contributed by atoms with E-state index in [0.29, 0.717) is 0 Å². The van der Waals surface area contributed by atoms with Crippen molar-refractivity contribution < 1.29 is 12.8 Å². The van der Waals surface area contributed by atoms with Crippen LogP contribution < -0.4 is 4.72 Å². The number of hydrogen-bond donors (Lipinski definition) is 1. The van der Waals surface area contributed by atoms with E-state index in [4.69, 9.17) is 11.6 Å². The van der Waals surface area contributed by atoms with Crippen molar-refractivity contribution in [2.24, 2.45) is 0 Å². The predicted molar refractivity (Wildman–Crippen MR) is 71.2 cm³/mol. The fraction of sp³-hybridized carbons (Fsp3) is 0.273. The van der Waals surface area contributed by atoms with Gasteiger partial charge in [-0.1, -0.05) is 11.6 Å². The second kappa shape index (κ2) is 5.86. The maximum Gasteiger partial charge on any atom is 0.243 e. The molecule has 1 N–H and O–H groups in total. The van der Waals surface area contributed by atoms with Crippen LogP contribution in [0.4, 0.5) is 4.39 Å². The molecule has 108 valence electrons. The second-order valence-corrected chi connectivity index (χ2v) is 6.33. The van der Waals surface area contributed by atoms with Gasteiger partial charge in [0, 0.05) is 11.1 Å². The van der Waals surface area contributed by atoms with Gasteiger partial charge in [0.2, 0.25) is 10.0 Å². The van der Waals surface area contributed by atoms with Gasteiger partial charge in [-0.15, -0.1) is 0 Å². The molecule has 0 aliphatic carbocycles. The van der Waals surface area contributed by atoms with Crippen molar-refractivity contribution in [3.8, 4) is 0 Å². The Morgan fingerprint density at radius 2 is 2.25 bits per heavy atom. The van der Waals surface area contributed by atoms with Gasteiger partial charge in [-0.2, -0.15) is 5.10 Å². The Labute approximate surface area is 120 Å². The van der Waals surface area contributed by atoms with Gasteiger partial charge in [0.15, 0.2) is 0 Å². The van der Waals surface area contributed by atoms with E-state index >= 15 is 0 Å². The third-order valence-corrected chi connectivity index (χ3v) is 4.33. The van der Waals surface area contributed by atoms with E-state index in [1.807, 2.05) is 0 Å². The van der Waals surface area contributed by atoms with E-state index in [2.05, 4.69) is 14.8 Å². The maximum absolute atomic E-state index is 13.6. The first-order chi connectivity index (χ1) is 9.38. The third kappa shape index (κ3) is 3.53. The summed E-state index contributed by atoms with van der Waals surface area (Å²) in [5, 5.41) is 4.00. The van der Waals surface area contributed by atoms with Gasteiger partial charge < -0.3 is 0 Å². The molecule has 1 atom stereocenters. The Morgan fingerprint density at radius 3 is 2.85 bits per heavy atom. The fourth-order valence-corrected chi connectivity index (χ4v) is 3.12. The Balaban J connectivity index is 2.14. The average molecular weight is 319 g/mol. The highest BCUT2D eigenvalue weighted by Crippen LogP contribution is 2.19. The van der Waals surface area contributed by atoms with Crippen LogP contribution in [-0.2, 0) is 16.6 Å². The monoisotopic (exact) mass is 318 g/mol. The first-order valence-electron chi connectivity index (χ1n) is 5.68. The average Bonchev–Trinajstić information content (AvgIpc) is 2.79. The first-order valence-corrected chi connectivity index (χ1v) is 7.54. The van der Waals surface area contributed by atoms with Crippen molar-refractivity contribution in [3.63, 3.8) is 0 Å². The summed E-state index contributed by atoms with van der Waals surface area (Å²) in [5.41, 5.74) is 0. The number of nitrogens with one attached hydrogen (secondary N) is 1. The number of sulfonamides is 1. The smallest absolute Gasteiger partial charge is 0.243 e. The maximum atomic E-state index is 13.6. The third-order valence-electron chi connectivity index (χ3n) is 2.47. The van der Waals surface area contributed by atoms with Crippen molar-refractivity contribution in [1.29, 1.82) is 0 Å². The normalized spacial score (nSPS) is 13.3. The van der Waals surface area contributed by atoms with Crippen LogP contribution in [0.5, 0.6) is 0 Å². The molecule has 20 heavy (non-hydrogen) atoms. The van der Waals surface area contributed by atoms with Crippen LogP contribution in [0.25, 0.3) is 0 Å². The minimum absolute atomic E-state index is 0.136. The SMILES string of the molecule is CC(Cn1cncn1)NS(=O)(=O)c1ccc(Cl)cc1F. The van der Waals surface area contributed by atoms with Crippen LogP contribution in [0.1, 0.15) is 6.92 Å². The standard InChI is InChI=1S/C11H12ClFN4O2S/c1-8(5-17-7-14-6-15-17)16-20(18,19)11-3-2-9(12)4-10(11)13/h2-4,6-8,16H,5H2,1H3. The number of halogens is 2. The quantitative estimate of drug-likeness (QED) is 0.905. The zero-order valence-electron chi connectivity index (χ0n) is 10.5. The molecule has 1 aromatic heterocycles. The minimum atomic E-state index is -3.96. The molecule has 0 spiro atoms. The molecule has 1 aromatic carbocycles. The van der Waals surface area contributed by atoms with Crippen LogP contribution in [-0.4, -0.2) is 29.2 Å². The zero-order chi connectivity index (χ0) is 14.8. The number of nitrogens with zero attached hydrogens (tertiary/aromatic N) is 3. The Morgan fingerprint density at radius 1 is 1.50 bits per heavy atom. The fourth-order valence-electron chi connectivity index (χ4n) is 1.67. The topological polar surface area (TPSA) is 76.9 Å². The summed E-state index contributed by atoms with van der Waals surface area (Å²) in [4.78, 5) is 3.32. The van der Waals surface area contributed by atoms with E-state index < -0.39 is 26.8 Å². The van der Waals surface area contributed by atoms with Crippen LogP contribution >= 0.6 is 11.6 Å². The molecular weight excluding hydrogens is 307 g/mol. The molecular formula is C11H12ClFN4O2S. The minimum Gasteiger partial charge on any atom is -0.251 e. The van der Waals surface area contributed by atoms with Crippen molar-refractivity contribution in [1.82, 2.24) is 19.5 Å². The second-order valence-electron chi connectivity index (χ2n) is 4.21. The van der Waals surface area contributed by atoms with Gasteiger partial charge in [-0.25, -0.2) is 22.5 Å². The molecule has 6 nitrogen and oxygen atoms in total. The van der Waals surface area contributed by atoms with Gasteiger partial charge in [-0.3, -0.25) is 4.68 Å². The molecule has 0 radical (unpaired) electrons. The van der Waals surface area contributed by atoms with Gasteiger partial charge in [0.1, 0.15) is 23.4 Å². The molecule has 0 fully saturated rings. The highest BCUT2D eigenvalue weighted by molar-refractivity contribution is 7.89. The van der Waals surface area contributed by atoms with Gasteiger partial charge >= 0.3 is 0 Å². The number of hydrogen-bond acceptors (Lipinski definition) is 4. The highest BCUT2D eigenvalue weighted by Gasteiger charge is 2.21. The van der Waals surface area contributed by atoms with Gasteiger partial charge in [0.05, 0.1) is 6.54 Å². The Bertz CT molecular complexity index is 690. The van der Waals surface area contributed by atoms with Gasteiger partial charge in [-0.05, 0) is 25.1 Å². The highest BCUT2D eigenvalue weighted by atomic mass is 35.5. The van der Waals surface area contributed by atoms with Crippen molar-refractivity contribution in [2.75, 3.05) is 0 Å². The lowest BCUT2D eigenvalue weighted by Gasteiger charge is -2.14. The number of benzene rings is 1. The number of aromatic nitrogens is 3. The van der Waals surface area contributed by atoms with Crippen molar-refractivity contribution >= 4 is 21.6 Å². The summed E-state index contributed by atoms with van der Waals surface area (Å²) in [7, 11) is -3.96. The summed E-state index contributed by atoms with van der Waals surface area (Å²) in [6.07, 6.45) is 2.81. The van der Waals surface area contributed by atoms with E-state index in [1.54, 1.807) is 6.92 Å². The molecule has 0 amide bonds. The summed E-state index contributed by atoms with van der Waals surface area (Å²) < 4.78 is 41.6. The van der Waals surface area contributed by atoms with Crippen LogP contribution in [0.2, 0.25) is 5.02 Å². The van der Waals surface area contributed by atoms with Gasteiger partial charge in [0.25, 0.3) is 0 Å². The van der Waals surface area contributed by atoms with E-state index in [1.165, 1.54) is 23.4 Å². The lowest BCUT2D eigenvalue weighted by Crippen LogP contribution is -2.36. The molecule has 0 aliphatic heterocycles. The predicted octanol–water partition coefficient (Wildman–Crippen LogP) is 1.44. The van der Waals surface area contributed by atoms with Crippen LogP contribution in [0.15, 0.2) is 35.7 Å². The lowest BCUT2D eigenvalue weighted by atomic mass is 10.3. The zero-order valence-corrected chi connectivity index (χ0v) is 12.1. The largest absolute Gasteiger partial charge is 0.251 e. The molecule has 1 heterocycles.